The number of halogens is 3. The Morgan fingerprint density at radius 3 is 2.40 bits per heavy atom. The van der Waals surface area contributed by atoms with E-state index in [2.05, 4.69) is 10.1 Å². The monoisotopic (exact) mass is 359 g/mol. The molecule has 5 nitrogen and oxygen atoms in total. The summed E-state index contributed by atoms with van der Waals surface area (Å²) in [6.07, 6.45) is 1.38. The van der Waals surface area contributed by atoms with Crippen LogP contribution in [0.25, 0.3) is 0 Å². The lowest BCUT2D eigenvalue weighted by atomic mass is 9.89. The van der Waals surface area contributed by atoms with Gasteiger partial charge in [0.05, 0.1) is 6.42 Å². The molecule has 1 saturated heterocycles. The zero-order valence-corrected chi connectivity index (χ0v) is 14.2. The number of piperidine rings is 1. The van der Waals surface area contributed by atoms with Crippen LogP contribution in [0.4, 0.5) is 13.2 Å². The summed E-state index contributed by atoms with van der Waals surface area (Å²) in [7, 11) is 0. The van der Waals surface area contributed by atoms with Crippen molar-refractivity contribution in [1.82, 2.24) is 15.0 Å². The second kappa shape index (κ2) is 7.74. The lowest BCUT2D eigenvalue weighted by molar-refractivity contribution is -0.149. The highest BCUT2D eigenvalue weighted by Gasteiger charge is 2.32. The fraction of sp³-hybridized carbons (Fsp3) is 0.824. The molecule has 8 heteroatoms. The van der Waals surface area contributed by atoms with Gasteiger partial charge < -0.3 is 9.42 Å². The van der Waals surface area contributed by atoms with Gasteiger partial charge in [-0.1, -0.05) is 24.4 Å². The van der Waals surface area contributed by atoms with E-state index in [0.29, 0.717) is 37.7 Å². The third-order valence-electron chi connectivity index (χ3n) is 5.25. The molecule has 140 valence electrons. The van der Waals surface area contributed by atoms with Crippen LogP contribution in [0.15, 0.2) is 4.52 Å². The number of nitrogens with zero attached hydrogens (tertiary/aromatic N) is 3. The molecule has 0 unspecified atom stereocenters. The highest BCUT2D eigenvalue weighted by Crippen LogP contribution is 2.33. The molecular formula is C17H24F3N3O2. The molecular weight excluding hydrogens is 335 g/mol. The molecule has 2 heterocycles. The molecule has 3 rings (SSSR count). The number of amides is 1. The van der Waals surface area contributed by atoms with Crippen LogP contribution in [0.1, 0.15) is 81.3 Å². The predicted octanol–water partition coefficient (Wildman–Crippen LogP) is 4.17. The first-order chi connectivity index (χ1) is 11.9. The molecule has 2 aliphatic rings. The van der Waals surface area contributed by atoms with Crippen LogP contribution in [0.2, 0.25) is 0 Å². The first-order valence-corrected chi connectivity index (χ1v) is 9.10. The van der Waals surface area contributed by atoms with Gasteiger partial charge in [0.1, 0.15) is 0 Å². The standard InChI is InChI=1S/C17H24F3N3O2/c18-17(19,20)9-6-14(24)23-10-7-13(8-11-23)16-21-15(22-25-16)12-4-2-1-3-5-12/h12-13H,1-11H2. The fourth-order valence-electron chi connectivity index (χ4n) is 3.72. The summed E-state index contributed by atoms with van der Waals surface area (Å²) >= 11 is 0. The number of likely N-dealkylation sites (tertiary alicyclic amines) is 1. The number of carbonyl (C=O) groups is 1. The SMILES string of the molecule is O=C(CCC(F)(F)F)N1CCC(c2nc(C3CCCCC3)no2)CC1. The second-order valence-corrected chi connectivity index (χ2v) is 7.10. The van der Waals surface area contributed by atoms with Crippen LogP contribution in [-0.2, 0) is 4.79 Å². The van der Waals surface area contributed by atoms with Crippen LogP contribution < -0.4 is 0 Å². The quantitative estimate of drug-likeness (QED) is 0.810. The summed E-state index contributed by atoms with van der Waals surface area (Å²) in [6, 6.07) is 0. The first kappa shape index (κ1) is 18.2. The van der Waals surface area contributed by atoms with E-state index >= 15 is 0 Å². The van der Waals surface area contributed by atoms with Gasteiger partial charge in [0.15, 0.2) is 5.82 Å². The summed E-state index contributed by atoms with van der Waals surface area (Å²) in [5.74, 6) is 1.46. The van der Waals surface area contributed by atoms with Crippen LogP contribution in [-0.4, -0.2) is 40.2 Å². The number of hydrogen-bond acceptors (Lipinski definition) is 4. The Morgan fingerprint density at radius 1 is 1.08 bits per heavy atom. The van der Waals surface area contributed by atoms with Crippen molar-refractivity contribution >= 4 is 5.91 Å². The topological polar surface area (TPSA) is 59.2 Å². The summed E-state index contributed by atoms with van der Waals surface area (Å²) in [4.78, 5) is 18.0. The highest BCUT2D eigenvalue weighted by molar-refractivity contribution is 5.76. The Labute approximate surface area is 144 Å². The molecule has 25 heavy (non-hydrogen) atoms. The molecule has 0 atom stereocenters. The van der Waals surface area contributed by atoms with Gasteiger partial charge in [0, 0.05) is 31.3 Å². The van der Waals surface area contributed by atoms with Crippen LogP contribution >= 0.6 is 0 Å². The van der Waals surface area contributed by atoms with Crippen molar-refractivity contribution in [2.75, 3.05) is 13.1 Å². The highest BCUT2D eigenvalue weighted by atomic mass is 19.4. The molecule has 0 bridgehead atoms. The average Bonchev–Trinajstić information content (AvgIpc) is 3.10. The number of alkyl halides is 3. The third kappa shape index (κ3) is 4.95. The minimum absolute atomic E-state index is 0.0940. The Bertz CT molecular complexity index is 574. The van der Waals surface area contributed by atoms with E-state index in [1.54, 1.807) is 0 Å². The zero-order valence-electron chi connectivity index (χ0n) is 14.2. The number of carbonyl (C=O) groups excluding carboxylic acids is 1. The van der Waals surface area contributed by atoms with Gasteiger partial charge in [0.2, 0.25) is 11.8 Å². The van der Waals surface area contributed by atoms with Gasteiger partial charge in [-0.25, -0.2) is 0 Å². The van der Waals surface area contributed by atoms with Gasteiger partial charge in [-0.3, -0.25) is 4.79 Å². The van der Waals surface area contributed by atoms with Gasteiger partial charge in [0.25, 0.3) is 0 Å². The van der Waals surface area contributed by atoms with Gasteiger partial charge in [-0.15, -0.1) is 0 Å². The van der Waals surface area contributed by atoms with E-state index in [0.717, 1.165) is 18.7 Å². The largest absolute Gasteiger partial charge is 0.389 e. The van der Waals surface area contributed by atoms with Crippen molar-refractivity contribution in [1.29, 1.82) is 0 Å². The first-order valence-electron chi connectivity index (χ1n) is 9.10. The van der Waals surface area contributed by atoms with Crippen molar-refractivity contribution < 1.29 is 22.5 Å². The van der Waals surface area contributed by atoms with Crippen molar-refractivity contribution in [2.45, 2.75) is 75.8 Å². The Morgan fingerprint density at radius 2 is 1.76 bits per heavy atom. The summed E-state index contributed by atoms with van der Waals surface area (Å²) in [5.41, 5.74) is 0. The lowest BCUT2D eigenvalue weighted by Crippen LogP contribution is -2.38. The van der Waals surface area contributed by atoms with E-state index in [1.165, 1.54) is 24.2 Å². The van der Waals surface area contributed by atoms with Gasteiger partial charge >= 0.3 is 6.18 Å². The van der Waals surface area contributed by atoms with Crippen molar-refractivity contribution in [3.05, 3.63) is 11.7 Å². The second-order valence-electron chi connectivity index (χ2n) is 7.10. The molecule has 1 amide bonds. The van der Waals surface area contributed by atoms with Gasteiger partial charge in [-0.05, 0) is 25.7 Å². The third-order valence-corrected chi connectivity index (χ3v) is 5.25. The number of rotatable bonds is 4. The van der Waals surface area contributed by atoms with Crippen molar-refractivity contribution in [2.24, 2.45) is 0 Å². The molecule has 0 spiro atoms. The number of aromatic nitrogens is 2. The fourth-order valence-corrected chi connectivity index (χ4v) is 3.72. The molecule has 2 fully saturated rings. The van der Waals surface area contributed by atoms with E-state index in [9.17, 15) is 18.0 Å². The van der Waals surface area contributed by atoms with E-state index in [-0.39, 0.29) is 5.92 Å². The molecule has 0 N–H and O–H groups in total. The minimum Gasteiger partial charge on any atom is -0.343 e. The summed E-state index contributed by atoms with van der Waals surface area (Å²) in [5, 5.41) is 4.13. The Balaban J connectivity index is 1.49. The molecule has 1 aliphatic heterocycles. The zero-order chi connectivity index (χ0) is 17.9. The normalized spacial score (nSPS) is 20.8. The van der Waals surface area contributed by atoms with Crippen LogP contribution in [0.5, 0.6) is 0 Å². The van der Waals surface area contributed by atoms with Crippen LogP contribution in [0, 0.1) is 0 Å². The molecule has 1 saturated carbocycles. The smallest absolute Gasteiger partial charge is 0.343 e. The lowest BCUT2D eigenvalue weighted by Gasteiger charge is -2.30. The van der Waals surface area contributed by atoms with E-state index < -0.39 is 24.9 Å². The van der Waals surface area contributed by atoms with E-state index in [4.69, 9.17) is 4.52 Å². The van der Waals surface area contributed by atoms with Crippen molar-refractivity contribution in [3.63, 3.8) is 0 Å². The molecule has 1 aliphatic carbocycles. The Hall–Kier alpha value is -1.60. The summed E-state index contributed by atoms with van der Waals surface area (Å²) < 4.78 is 42.1. The molecule has 1 aromatic rings. The maximum absolute atomic E-state index is 12.2. The van der Waals surface area contributed by atoms with E-state index in [1.807, 2.05) is 0 Å². The average molecular weight is 359 g/mol. The molecule has 0 aromatic carbocycles. The number of hydrogen-bond donors (Lipinski definition) is 0. The molecule has 0 radical (unpaired) electrons. The van der Waals surface area contributed by atoms with Crippen molar-refractivity contribution in [3.8, 4) is 0 Å². The minimum atomic E-state index is -4.28. The Kier molecular flexibility index (Phi) is 5.64. The van der Waals surface area contributed by atoms with Crippen LogP contribution in [0.3, 0.4) is 0 Å². The summed E-state index contributed by atoms with van der Waals surface area (Å²) in [6.45, 7) is 0.894. The predicted molar refractivity (Wildman–Crippen MR) is 84.0 cm³/mol. The maximum atomic E-state index is 12.2. The maximum Gasteiger partial charge on any atom is 0.389 e. The molecule has 1 aromatic heterocycles. The van der Waals surface area contributed by atoms with Gasteiger partial charge in [-0.2, -0.15) is 18.2 Å².